The molecule has 1 atom stereocenters. The van der Waals surface area contributed by atoms with Crippen LogP contribution in [0.25, 0.3) is 0 Å². The molecule has 0 aliphatic carbocycles. The molecule has 0 saturated carbocycles. The number of benzene rings is 2. The summed E-state index contributed by atoms with van der Waals surface area (Å²) in [6.45, 7) is 9.14. The number of urea groups is 1. The van der Waals surface area contributed by atoms with Gasteiger partial charge in [0.15, 0.2) is 0 Å². The number of non-ortho nitro benzene ring substituents is 1. The zero-order valence-corrected chi connectivity index (χ0v) is 19.2. The lowest BCUT2D eigenvalue weighted by atomic mass is 9.89. The summed E-state index contributed by atoms with van der Waals surface area (Å²) in [5, 5.41) is 19.2. The SMILES string of the molecule is CC(C)(C)OC(=O)Nc1ccc2c(c1)[C@@H](NC(=O)Nc1cccc([N+](=O)[O-])c1)CC(C)(C)O2. The van der Waals surface area contributed by atoms with Gasteiger partial charge in [-0.3, -0.25) is 15.4 Å². The van der Waals surface area contributed by atoms with E-state index in [0.29, 0.717) is 29.1 Å². The third-order valence-corrected chi connectivity index (χ3v) is 4.73. The molecule has 0 unspecified atom stereocenters. The number of anilines is 2. The molecule has 0 spiro atoms. The van der Waals surface area contributed by atoms with Crippen LogP contribution in [0.2, 0.25) is 0 Å². The van der Waals surface area contributed by atoms with Crippen molar-refractivity contribution in [2.75, 3.05) is 10.6 Å². The molecule has 10 heteroatoms. The first-order valence-electron chi connectivity index (χ1n) is 10.5. The molecule has 3 N–H and O–H groups in total. The first-order chi connectivity index (χ1) is 15.3. The van der Waals surface area contributed by atoms with Gasteiger partial charge in [-0.1, -0.05) is 6.07 Å². The number of rotatable bonds is 4. The van der Waals surface area contributed by atoms with Crippen LogP contribution in [-0.4, -0.2) is 28.2 Å². The Morgan fingerprint density at radius 3 is 2.48 bits per heavy atom. The minimum absolute atomic E-state index is 0.122. The molecule has 2 aromatic rings. The lowest BCUT2D eigenvalue weighted by Crippen LogP contribution is -2.42. The molecule has 1 aliphatic rings. The summed E-state index contributed by atoms with van der Waals surface area (Å²) in [5.74, 6) is 0.585. The molecule has 1 heterocycles. The van der Waals surface area contributed by atoms with E-state index in [0.717, 1.165) is 0 Å². The average molecular weight is 456 g/mol. The van der Waals surface area contributed by atoms with E-state index in [1.54, 1.807) is 45.0 Å². The Bertz CT molecular complexity index is 1080. The second-order valence-electron chi connectivity index (χ2n) is 9.40. The molecule has 0 radical (unpaired) electrons. The lowest BCUT2D eigenvalue weighted by Gasteiger charge is -2.38. The Morgan fingerprint density at radius 1 is 1.12 bits per heavy atom. The van der Waals surface area contributed by atoms with Crippen LogP contribution in [-0.2, 0) is 4.74 Å². The predicted molar refractivity (Wildman–Crippen MR) is 124 cm³/mol. The Morgan fingerprint density at radius 2 is 1.82 bits per heavy atom. The highest BCUT2D eigenvalue weighted by molar-refractivity contribution is 5.90. The van der Waals surface area contributed by atoms with Crippen molar-refractivity contribution < 1.29 is 24.0 Å². The van der Waals surface area contributed by atoms with Gasteiger partial charge in [-0.05, 0) is 58.9 Å². The van der Waals surface area contributed by atoms with E-state index in [4.69, 9.17) is 9.47 Å². The Labute approximate surface area is 191 Å². The monoisotopic (exact) mass is 456 g/mol. The highest BCUT2D eigenvalue weighted by atomic mass is 16.6. The van der Waals surface area contributed by atoms with Gasteiger partial charge in [-0.25, -0.2) is 9.59 Å². The van der Waals surface area contributed by atoms with Crippen LogP contribution in [0, 0.1) is 10.1 Å². The summed E-state index contributed by atoms with van der Waals surface area (Å²) in [6.07, 6.45) is -0.120. The second kappa shape index (κ2) is 8.97. The summed E-state index contributed by atoms with van der Waals surface area (Å²) >= 11 is 0. The van der Waals surface area contributed by atoms with Crippen molar-refractivity contribution in [3.63, 3.8) is 0 Å². The molecule has 33 heavy (non-hydrogen) atoms. The fourth-order valence-corrected chi connectivity index (χ4v) is 3.51. The van der Waals surface area contributed by atoms with Crippen molar-refractivity contribution in [3.8, 4) is 5.75 Å². The minimum Gasteiger partial charge on any atom is -0.487 e. The molecule has 0 saturated heterocycles. The Hall–Kier alpha value is -3.82. The highest BCUT2D eigenvalue weighted by Crippen LogP contribution is 2.40. The van der Waals surface area contributed by atoms with Crippen LogP contribution in [0.1, 0.15) is 52.6 Å². The Kier molecular flexibility index (Phi) is 6.48. The smallest absolute Gasteiger partial charge is 0.412 e. The molecule has 10 nitrogen and oxygen atoms in total. The van der Waals surface area contributed by atoms with Gasteiger partial charge in [0.1, 0.15) is 17.0 Å². The van der Waals surface area contributed by atoms with E-state index in [9.17, 15) is 19.7 Å². The summed E-state index contributed by atoms with van der Waals surface area (Å²) in [7, 11) is 0. The molecule has 3 amide bonds. The van der Waals surface area contributed by atoms with Gasteiger partial charge in [0.05, 0.1) is 11.0 Å². The molecule has 2 aromatic carbocycles. The number of nitrogens with one attached hydrogen (secondary N) is 3. The average Bonchev–Trinajstić information content (AvgIpc) is 2.66. The topological polar surface area (TPSA) is 132 Å². The van der Waals surface area contributed by atoms with Crippen LogP contribution in [0.4, 0.5) is 26.7 Å². The molecule has 1 aliphatic heterocycles. The number of hydrogen-bond acceptors (Lipinski definition) is 6. The molecule has 0 bridgehead atoms. The maximum atomic E-state index is 12.7. The number of fused-ring (bicyclic) bond motifs is 1. The number of amides is 3. The van der Waals surface area contributed by atoms with Gasteiger partial charge in [0, 0.05) is 35.5 Å². The maximum Gasteiger partial charge on any atom is 0.412 e. The van der Waals surface area contributed by atoms with Crippen molar-refractivity contribution in [3.05, 3.63) is 58.1 Å². The van der Waals surface area contributed by atoms with Crippen LogP contribution < -0.4 is 20.7 Å². The maximum absolute atomic E-state index is 12.7. The molecule has 0 aromatic heterocycles. The van der Waals surface area contributed by atoms with E-state index in [1.807, 2.05) is 13.8 Å². The largest absolute Gasteiger partial charge is 0.487 e. The minimum atomic E-state index is -0.639. The first kappa shape index (κ1) is 23.8. The van der Waals surface area contributed by atoms with Crippen LogP contribution in [0.3, 0.4) is 0 Å². The standard InChI is InChI=1S/C23H28N4O6/c1-22(2,3)33-21(29)25-15-9-10-19-17(12-15)18(13-23(4,5)32-19)26-20(28)24-14-7-6-8-16(11-14)27(30)31/h6-12,18H,13H2,1-5H3,(H,25,29)(H2,24,26,28)/t18-/m0/s1. The number of carbonyl (C=O) groups excluding carboxylic acids is 2. The van der Waals surface area contributed by atoms with E-state index < -0.39 is 34.3 Å². The third-order valence-electron chi connectivity index (χ3n) is 4.73. The zero-order valence-electron chi connectivity index (χ0n) is 19.2. The number of carbonyl (C=O) groups is 2. The number of hydrogen-bond donors (Lipinski definition) is 3. The summed E-state index contributed by atoms with van der Waals surface area (Å²) in [5.41, 5.74) is 0.183. The van der Waals surface area contributed by atoms with Crippen molar-refractivity contribution in [1.29, 1.82) is 0 Å². The number of nitro benzene ring substituents is 1. The van der Waals surface area contributed by atoms with Gasteiger partial charge in [0.2, 0.25) is 0 Å². The van der Waals surface area contributed by atoms with Gasteiger partial charge >= 0.3 is 12.1 Å². The van der Waals surface area contributed by atoms with E-state index in [2.05, 4.69) is 16.0 Å². The molecular weight excluding hydrogens is 428 g/mol. The van der Waals surface area contributed by atoms with Crippen LogP contribution >= 0.6 is 0 Å². The van der Waals surface area contributed by atoms with Crippen LogP contribution in [0.15, 0.2) is 42.5 Å². The van der Waals surface area contributed by atoms with Gasteiger partial charge in [0.25, 0.3) is 5.69 Å². The Balaban J connectivity index is 1.78. The fraction of sp³-hybridized carbons (Fsp3) is 0.391. The second-order valence-corrected chi connectivity index (χ2v) is 9.40. The normalized spacial score (nSPS) is 16.6. The first-order valence-corrected chi connectivity index (χ1v) is 10.5. The summed E-state index contributed by atoms with van der Waals surface area (Å²) < 4.78 is 11.3. The fourth-order valence-electron chi connectivity index (χ4n) is 3.51. The molecular formula is C23H28N4O6. The van der Waals surface area contributed by atoms with E-state index in [-0.39, 0.29) is 5.69 Å². The lowest BCUT2D eigenvalue weighted by molar-refractivity contribution is -0.384. The van der Waals surface area contributed by atoms with Gasteiger partial charge in [-0.15, -0.1) is 0 Å². The van der Waals surface area contributed by atoms with Gasteiger partial charge in [-0.2, -0.15) is 0 Å². The number of nitro groups is 1. The predicted octanol–water partition coefficient (Wildman–Crippen LogP) is 5.37. The van der Waals surface area contributed by atoms with Crippen molar-refractivity contribution in [2.45, 2.75) is 58.3 Å². The number of nitrogens with zero attached hydrogens (tertiary/aromatic N) is 1. The number of ether oxygens (including phenoxy) is 2. The quantitative estimate of drug-likeness (QED) is 0.419. The summed E-state index contributed by atoms with van der Waals surface area (Å²) in [4.78, 5) is 35.3. The third kappa shape index (κ3) is 6.58. The van der Waals surface area contributed by atoms with E-state index in [1.165, 1.54) is 18.2 Å². The highest BCUT2D eigenvalue weighted by Gasteiger charge is 2.35. The zero-order chi connectivity index (χ0) is 24.4. The van der Waals surface area contributed by atoms with Gasteiger partial charge < -0.3 is 20.1 Å². The summed E-state index contributed by atoms with van der Waals surface area (Å²) in [6, 6.07) is 9.90. The van der Waals surface area contributed by atoms with Crippen LogP contribution in [0.5, 0.6) is 5.75 Å². The van der Waals surface area contributed by atoms with Crippen molar-refractivity contribution in [1.82, 2.24) is 5.32 Å². The van der Waals surface area contributed by atoms with E-state index >= 15 is 0 Å². The van der Waals surface area contributed by atoms with Crippen molar-refractivity contribution >= 4 is 29.2 Å². The van der Waals surface area contributed by atoms with Crippen molar-refractivity contribution in [2.24, 2.45) is 0 Å². The molecule has 176 valence electrons. The molecule has 0 fully saturated rings. The molecule has 3 rings (SSSR count).